The summed E-state index contributed by atoms with van der Waals surface area (Å²) in [6.07, 6.45) is 1.69. The molecule has 0 spiro atoms. The molecule has 0 aromatic heterocycles. The quantitative estimate of drug-likeness (QED) is 0.257. The van der Waals surface area contributed by atoms with Gasteiger partial charge in [-0.1, -0.05) is 30.3 Å². The number of hydrazone groups is 1. The summed E-state index contributed by atoms with van der Waals surface area (Å²) in [5, 5.41) is 3.96. The molecule has 1 amide bonds. The molecule has 0 atom stereocenters. The first-order chi connectivity index (χ1) is 15.0. The van der Waals surface area contributed by atoms with E-state index in [0.717, 1.165) is 5.56 Å². The summed E-state index contributed by atoms with van der Waals surface area (Å²) < 4.78 is 24.0. The summed E-state index contributed by atoms with van der Waals surface area (Å²) in [6.45, 7) is 2.16. The van der Waals surface area contributed by atoms with Crippen LogP contribution in [0.5, 0.6) is 11.5 Å². The van der Waals surface area contributed by atoms with Crippen LogP contribution in [0.3, 0.4) is 0 Å². The number of ether oxygens (including phenoxy) is 2. The number of rotatable bonds is 8. The highest BCUT2D eigenvalue weighted by molar-refractivity contribution is 5.91. The van der Waals surface area contributed by atoms with Gasteiger partial charge in [0.15, 0.2) is 11.5 Å². The molecule has 0 fully saturated rings. The van der Waals surface area contributed by atoms with Gasteiger partial charge >= 0.3 is 5.97 Å². The third-order valence-electron chi connectivity index (χ3n) is 4.16. The minimum atomic E-state index is -0.629. The zero-order chi connectivity index (χ0) is 22.1. The fourth-order valence-corrected chi connectivity index (χ4v) is 2.70. The first-order valence-corrected chi connectivity index (χ1v) is 9.65. The van der Waals surface area contributed by atoms with E-state index >= 15 is 0 Å². The largest absolute Gasteiger partial charge is 0.490 e. The molecule has 31 heavy (non-hydrogen) atoms. The molecule has 0 unspecified atom stereocenters. The predicted octanol–water partition coefficient (Wildman–Crippen LogP) is 4.14. The van der Waals surface area contributed by atoms with Crippen LogP contribution in [0.4, 0.5) is 4.39 Å². The van der Waals surface area contributed by atoms with E-state index in [1.165, 1.54) is 30.5 Å². The van der Waals surface area contributed by atoms with E-state index < -0.39 is 11.8 Å². The third kappa shape index (κ3) is 6.50. The average molecular weight is 420 g/mol. The molecular formula is C24H21FN2O4. The van der Waals surface area contributed by atoms with Gasteiger partial charge in [0.05, 0.1) is 24.8 Å². The highest BCUT2D eigenvalue weighted by atomic mass is 19.1. The molecule has 7 heteroatoms. The van der Waals surface area contributed by atoms with Crippen LogP contribution in [0.15, 0.2) is 77.9 Å². The number of benzene rings is 3. The van der Waals surface area contributed by atoms with Crippen molar-refractivity contribution in [2.24, 2.45) is 5.10 Å². The number of hydrogen-bond acceptors (Lipinski definition) is 5. The minimum Gasteiger partial charge on any atom is -0.490 e. The first-order valence-electron chi connectivity index (χ1n) is 9.65. The average Bonchev–Trinajstić information content (AvgIpc) is 2.77. The molecule has 0 saturated carbocycles. The Morgan fingerprint density at radius 3 is 2.45 bits per heavy atom. The Kier molecular flexibility index (Phi) is 7.48. The Hall–Kier alpha value is -4.00. The zero-order valence-corrected chi connectivity index (χ0v) is 16.9. The van der Waals surface area contributed by atoms with Crippen molar-refractivity contribution in [2.45, 2.75) is 13.3 Å². The van der Waals surface area contributed by atoms with Gasteiger partial charge in [-0.05, 0) is 60.5 Å². The van der Waals surface area contributed by atoms with Gasteiger partial charge in [-0.2, -0.15) is 5.10 Å². The summed E-state index contributed by atoms with van der Waals surface area (Å²) >= 11 is 0. The Bertz CT molecular complexity index is 1070. The first kappa shape index (κ1) is 21.7. The normalized spacial score (nSPS) is 10.6. The molecule has 0 bridgehead atoms. The Balaban J connectivity index is 1.65. The molecule has 0 aliphatic carbocycles. The van der Waals surface area contributed by atoms with E-state index in [1.54, 1.807) is 25.1 Å². The topological polar surface area (TPSA) is 77.0 Å². The van der Waals surface area contributed by atoms with Gasteiger partial charge in [-0.15, -0.1) is 0 Å². The van der Waals surface area contributed by atoms with E-state index in [0.29, 0.717) is 17.9 Å². The number of amides is 1. The Labute approximate surface area is 179 Å². The minimum absolute atomic E-state index is 0.218. The zero-order valence-electron chi connectivity index (χ0n) is 16.9. The molecule has 0 radical (unpaired) electrons. The molecule has 3 aromatic carbocycles. The van der Waals surface area contributed by atoms with Crippen LogP contribution in [-0.2, 0) is 11.2 Å². The van der Waals surface area contributed by atoms with Gasteiger partial charge < -0.3 is 9.47 Å². The second-order valence-electron chi connectivity index (χ2n) is 6.49. The van der Waals surface area contributed by atoms with Crippen LogP contribution in [0, 0.1) is 5.82 Å². The molecule has 3 rings (SSSR count). The maximum Gasteiger partial charge on any atom is 0.343 e. The molecule has 1 N–H and O–H groups in total. The second kappa shape index (κ2) is 10.7. The van der Waals surface area contributed by atoms with E-state index in [4.69, 9.17) is 9.47 Å². The van der Waals surface area contributed by atoms with Gasteiger partial charge in [0, 0.05) is 0 Å². The summed E-state index contributed by atoms with van der Waals surface area (Å²) in [6, 6.07) is 19.3. The van der Waals surface area contributed by atoms with Crippen LogP contribution < -0.4 is 14.9 Å². The Morgan fingerprint density at radius 1 is 1.00 bits per heavy atom. The van der Waals surface area contributed by atoms with Crippen LogP contribution in [0.1, 0.15) is 28.4 Å². The fraction of sp³-hybridized carbons (Fsp3) is 0.125. The molecule has 0 saturated heterocycles. The van der Waals surface area contributed by atoms with Gasteiger partial charge in [0.1, 0.15) is 5.82 Å². The number of hydrogen-bond donors (Lipinski definition) is 1. The maximum atomic E-state index is 13.0. The lowest BCUT2D eigenvalue weighted by atomic mass is 10.1. The molecule has 158 valence electrons. The molecular weight excluding hydrogens is 399 g/mol. The number of esters is 1. The van der Waals surface area contributed by atoms with Crippen LogP contribution in [-0.4, -0.2) is 24.7 Å². The predicted molar refractivity (Wildman–Crippen MR) is 115 cm³/mol. The van der Waals surface area contributed by atoms with Crippen molar-refractivity contribution in [2.75, 3.05) is 6.61 Å². The number of nitrogens with zero attached hydrogens (tertiary/aromatic N) is 1. The third-order valence-corrected chi connectivity index (χ3v) is 4.16. The summed E-state index contributed by atoms with van der Waals surface area (Å²) in [7, 11) is 0. The van der Waals surface area contributed by atoms with Crippen LogP contribution >= 0.6 is 0 Å². The molecule has 0 aliphatic heterocycles. The summed E-state index contributed by atoms with van der Waals surface area (Å²) in [5.74, 6) is -0.738. The van der Waals surface area contributed by atoms with Crippen molar-refractivity contribution in [3.8, 4) is 11.5 Å². The van der Waals surface area contributed by atoms with Crippen molar-refractivity contribution < 1.29 is 23.5 Å². The number of halogens is 1. The monoisotopic (exact) mass is 420 g/mol. The number of carbonyl (C=O) groups excluding carboxylic acids is 2. The summed E-state index contributed by atoms with van der Waals surface area (Å²) in [5.41, 5.74) is 4.23. The van der Waals surface area contributed by atoms with Gasteiger partial charge in [-0.25, -0.2) is 14.6 Å². The van der Waals surface area contributed by atoms with E-state index in [2.05, 4.69) is 10.5 Å². The fourth-order valence-electron chi connectivity index (χ4n) is 2.70. The molecule has 0 heterocycles. The van der Waals surface area contributed by atoms with Gasteiger partial charge in [0.25, 0.3) is 0 Å². The summed E-state index contributed by atoms with van der Waals surface area (Å²) in [4.78, 5) is 24.3. The SMILES string of the molecule is CCOc1cc(/C=N/NC(=O)Cc2ccccc2)ccc1OC(=O)c1ccc(F)cc1. The van der Waals surface area contributed by atoms with Crippen molar-refractivity contribution in [1.82, 2.24) is 5.43 Å². The van der Waals surface area contributed by atoms with Crippen molar-refractivity contribution in [1.29, 1.82) is 0 Å². The van der Waals surface area contributed by atoms with Gasteiger partial charge in [0.2, 0.25) is 5.91 Å². The smallest absolute Gasteiger partial charge is 0.343 e. The van der Waals surface area contributed by atoms with Crippen molar-refractivity contribution in [3.63, 3.8) is 0 Å². The highest BCUT2D eigenvalue weighted by Gasteiger charge is 2.13. The van der Waals surface area contributed by atoms with E-state index in [-0.39, 0.29) is 23.6 Å². The van der Waals surface area contributed by atoms with E-state index in [1.807, 2.05) is 30.3 Å². The number of nitrogens with one attached hydrogen (secondary N) is 1. The van der Waals surface area contributed by atoms with Crippen molar-refractivity contribution >= 4 is 18.1 Å². The maximum absolute atomic E-state index is 13.0. The van der Waals surface area contributed by atoms with Crippen molar-refractivity contribution in [3.05, 3.63) is 95.3 Å². The lowest BCUT2D eigenvalue weighted by molar-refractivity contribution is -0.120. The lowest BCUT2D eigenvalue weighted by Gasteiger charge is -2.11. The van der Waals surface area contributed by atoms with E-state index in [9.17, 15) is 14.0 Å². The standard InChI is InChI=1S/C24H21FN2O4/c1-2-30-22-14-18(16-26-27-23(28)15-17-6-4-3-5-7-17)8-13-21(22)31-24(29)19-9-11-20(25)12-10-19/h3-14,16H,2,15H2,1H3,(H,27,28)/b26-16+. The molecule has 3 aromatic rings. The Morgan fingerprint density at radius 2 is 1.74 bits per heavy atom. The molecule has 0 aliphatic rings. The lowest BCUT2D eigenvalue weighted by Crippen LogP contribution is -2.19. The second-order valence-corrected chi connectivity index (χ2v) is 6.49. The molecule has 6 nitrogen and oxygen atoms in total. The van der Waals surface area contributed by atoms with Crippen LogP contribution in [0.2, 0.25) is 0 Å². The highest BCUT2D eigenvalue weighted by Crippen LogP contribution is 2.29. The van der Waals surface area contributed by atoms with Crippen LogP contribution in [0.25, 0.3) is 0 Å². The van der Waals surface area contributed by atoms with Gasteiger partial charge in [-0.3, -0.25) is 4.79 Å². The number of carbonyl (C=O) groups is 2.